The van der Waals surface area contributed by atoms with E-state index in [1.807, 2.05) is 20.8 Å². The predicted octanol–water partition coefficient (Wildman–Crippen LogP) is 3.38. The number of nitrogens with one attached hydrogen (secondary N) is 2. The fourth-order valence-corrected chi connectivity index (χ4v) is 1.32. The Labute approximate surface area is 117 Å². The molecule has 0 fully saturated rings. The molecule has 0 spiro atoms. The Morgan fingerprint density at radius 1 is 1.30 bits per heavy atom. The third kappa shape index (κ3) is 3.94. The Morgan fingerprint density at radius 3 is 2.50 bits per heavy atom. The van der Waals surface area contributed by atoms with E-state index in [4.69, 9.17) is 0 Å². The first-order valence-electron chi connectivity index (χ1n) is 6.26. The third-order valence-electron chi connectivity index (χ3n) is 3.14. The van der Waals surface area contributed by atoms with Crippen LogP contribution < -0.4 is 10.6 Å². The van der Waals surface area contributed by atoms with E-state index in [9.17, 15) is 14.0 Å². The molecule has 1 rings (SSSR count). The summed E-state index contributed by atoms with van der Waals surface area (Å²) in [4.78, 5) is 23.1. The molecule has 0 aliphatic heterocycles. The molecule has 0 atom stereocenters. The Morgan fingerprint density at radius 2 is 1.95 bits per heavy atom. The maximum atomic E-state index is 13.5. The molecule has 0 saturated carbocycles. The Kier molecular flexibility index (Phi) is 5.07. The molecule has 0 bridgehead atoms. The lowest BCUT2D eigenvalue weighted by atomic mass is 9.89. The van der Waals surface area contributed by atoms with Gasteiger partial charge >= 0.3 is 6.09 Å². The number of halogens is 1. The molecule has 0 unspecified atom stereocenters. The fourth-order valence-electron chi connectivity index (χ4n) is 1.32. The molecule has 0 aromatic heterocycles. The van der Waals surface area contributed by atoms with Crippen molar-refractivity contribution in [2.45, 2.75) is 27.2 Å². The largest absolute Gasteiger partial charge is 0.453 e. The highest BCUT2D eigenvalue weighted by atomic mass is 19.1. The molecule has 20 heavy (non-hydrogen) atoms. The quantitative estimate of drug-likeness (QED) is 0.889. The molecule has 2 N–H and O–H groups in total. The first kappa shape index (κ1) is 15.9. The highest BCUT2D eigenvalue weighted by Gasteiger charge is 2.25. The van der Waals surface area contributed by atoms with Gasteiger partial charge in [0.25, 0.3) is 0 Å². The second-order valence-electron chi connectivity index (χ2n) is 5.00. The zero-order valence-electron chi connectivity index (χ0n) is 12.0. The lowest BCUT2D eigenvalue weighted by Crippen LogP contribution is -2.30. The Bertz CT molecular complexity index is 515. The number of hydrogen-bond donors (Lipinski definition) is 2. The number of hydrogen-bond acceptors (Lipinski definition) is 3. The van der Waals surface area contributed by atoms with Crippen molar-refractivity contribution in [1.29, 1.82) is 0 Å². The van der Waals surface area contributed by atoms with E-state index in [0.717, 1.165) is 0 Å². The van der Waals surface area contributed by atoms with Crippen LogP contribution in [0.5, 0.6) is 0 Å². The van der Waals surface area contributed by atoms with Gasteiger partial charge in [-0.2, -0.15) is 0 Å². The SMILES string of the molecule is CCC(C)(C)C(=O)Nc1ccc(F)c(NC(=O)OC)c1. The minimum atomic E-state index is -0.777. The average molecular weight is 282 g/mol. The number of rotatable bonds is 4. The molecule has 0 heterocycles. The van der Waals surface area contributed by atoms with Crippen LogP contribution in [0, 0.1) is 11.2 Å². The van der Waals surface area contributed by atoms with Crippen LogP contribution in [0.15, 0.2) is 18.2 Å². The molecule has 1 aromatic rings. The summed E-state index contributed by atoms with van der Waals surface area (Å²) in [5, 5.41) is 4.93. The van der Waals surface area contributed by atoms with Gasteiger partial charge in [-0.3, -0.25) is 10.1 Å². The Hall–Kier alpha value is -2.11. The van der Waals surface area contributed by atoms with Crippen molar-refractivity contribution in [3.8, 4) is 0 Å². The summed E-state index contributed by atoms with van der Waals surface area (Å²) in [6.45, 7) is 5.55. The maximum absolute atomic E-state index is 13.5. The van der Waals surface area contributed by atoms with E-state index in [0.29, 0.717) is 12.1 Å². The number of amides is 2. The van der Waals surface area contributed by atoms with E-state index >= 15 is 0 Å². The highest BCUT2D eigenvalue weighted by molar-refractivity contribution is 5.95. The molecule has 0 saturated heterocycles. The number of benzene rings is 1. The third-order valence-corrected chi connectivity index (χ3v) is 3.14. The van der Waals surface area contributed by atoms with E-state index < -0.39 is 17.3 Å². The van der Waals surface area contributed by atoms with Crippen LogP contribution in [-0.2, 0) is 9.53 Å². The van der Waals surface area contributed by atoms with Crippen molar-refractivity contribution in [2.24, 2.45) is 5.41 Å². The summed E-state index contributed by atoms with van der Waals surface area (Å²) in [7, 11) is 1.18. The molecular weight excluding hydrogens is 263 g/mol. The molecule has 1 aromatic carbocycles. The zero-order valence-corrected chi connectivity index (χ0v) is 12.0. The van der Waals surface area contributed by atoms with Crippen LogP contribution in [0.2, 0.25) is 0 Å². The summed E-state index contributed by atoms with van der Waals surface area (Å²) in [5.41, 5.74) is -0.169. The first-order chi connectivity index (χ1) is 9.30. The van der Waals surface area contributed by atoms with Crippen LogP contribution in [0.3, 0.4) is 0 Å². The molecule has 2 amide bonds. The van der Waals surface area contributed by atoms with E-state index in [-0.39, 0.29) is 11.6 Å². The minimum absolute atomic E-state index is 0.0519. The van der Waals surface area contributed by atoms with Gasteiger partial charge in [0.2, 0.25) is 5.91 Å². The topological polar surface area (TPSA) is 67.4 Å². The van der Waals surface area contributed by atoms with Crippen molar-refractivity contribution < 1.29 is 18.7 Å². The van der Waals surface area contributed by atoms with Crippen molar-refractivity contribution in [3.05, 3.63) is 24.0 Å². The van der Waals surface area contributed by atoms with E-state index in [1.165, 1.54) is 25.3 Å². The zero-order chi connectivity index (χ0) is 15.3. The molecule has 0 aliphatic rings. The summed E-state index contributed by atoms with van der Waals surface area (Å²) < 4.78 is 17.9. The summed E-state index contributed by atoms with van der Waals surface area (Å²) in [6, 6.07) is 3.94. The second-order valence-corrected chi connectivity index (χ2v) is 5.00. The number of carbonyl (C=O) groups is 2. The number of ether oxygens (including phenoxy) is 1. The number of anilines is 2. The van der Waals surface area contributed by atoms with Crippen LogP contribution in [0.1, 0.15) is 27.2 Å². The van der Waals surface area contributed by atoms with Crippen LogP contribution in [0.25, 0.3) is 0 Å². The lowest BCUT2D eigenvalue weighted by molar-refractivity contribution is -0.124. The smallest absolute Gasteiger partial charge is 0.411 e. The molecule has 5 nitrogen and oxygen atoms in total. The van der Waals surface area contributed by atoms with Gasteiger partial charge < -0.3 is 10.1 Å². The van der Waals surface area contributed by atoms with Gasteiger partial charge in [-0.05, 0) is 24.6 Å². The Balaban J connectivity index is 2.90. The standard InChI is InChI=1S/C14H19FN2O3/c1-5-14(2,3)12(18)16-9-6-7-10(15)11(8-9)17-13(19)20-4/h6-8H,5H2,1-4H3,(H,16,18)(H,17,19). The van der Waals surface area contributed by atoms with Gasteiger partial charge in [-0.15, -0.1) is 0 Å². The molecule has 110 valence electrons. The van der Waals surface area contributed by atoms with E-state index in [1.54, 1.807) is 0 Å². The van der Waals surface area contributed by atoms with Gasteiger partial charge in [0.15, 0.2) is 0 Å². The minimum Gasteiger partial charge on any atom is -0.453 e. The maximum Gasteiger partial charge on any atom is 0.411 e. The molecular formula is C14H19FN2O3. The average Bonchev–Trinajstić information content (AvgIpc) is 2.42. The summed E-state index contributed by atoms with van der Waals surface area (Å²) >= 11 is 0. The lowest BCUT2D eigenvalue weighted by Gasteiger charge is -2.21. The van der Waals surface area contributed by atoms with Crippen molar-refractivity contribution in [2.75, 3.05) is 17.7 Å². The van der Waals surface area contributed by atoms with Crippen molar-refractivity contribution in [3.63, 3.8) is 0 Å². The fraction of sp³-hybridized carbons (Fsp3) is 0.429. The van der Waals surface area contributed by atoms with E-state index in [2.05, 4.69) is 15.4 Å². The molecule has 0 radical (unpaired) electrons. The number of methoxy groups -OCH3 is 1. The van der Waals surface area contributed by atoms with Gasteiger partial charge in [-0.25, -0.2) is 9.18 Å². The summed E-state index contributed by atoms with van der Waals surface area (Å²) in [6.07, 6.45) is -0.103. The summed E-state index contributed by atoms with van der Waals surface area (Å²) in [5.74, 6) is -0.779. The van der Waals surface area contributed by atoms with Crippen LogP contribution >= 0.6 is 0 Å². The van der Waals surface area contributed by atoms with Gasteiger partial charge in [0.05, 0.1) is 12.8 Å². The van der Waals surface area contributed by atoms with Gasteiger partial charge in [0.1, 0.15) is 5.82 Å². The highest BCUT2D eigenvalue weighted by Crippen LogP contribution is 2.24. The van der Waals surface area contributed by atoms with Crippen molar-refractivity contribution in [1.82, 2.24) is 0 Å². The van der Waals surface area contributed by atoms with Crippen LogP contribution in [0.4, 0.5) is 20.6 Å². The van der Waals surface area contributed by atoms with Crippen LogP contribution in [-0.4, -0.2) is 19.1 Å². The normalized spacial score (nSPS) is 10.8. The molecule has 6 heteroatoms. The van der Waals surface area contributed by atoms with Crippen molar-refractivity contribution >= 4 is 23.4 Å². The number of carbonyl (C=O) groups excluding carboxylic acids is 2. The predicted molar refractivity (Wildman–Crippen MR) is 75.1 cm³/mol. The first-order valence-corrected chi connectivity index (χ1v) is 6.26. The van der Waals surface area contributed by atoms with Gasteiger partial charge in [-0.1, -0.05) is 20.8 Å². The molecule has 0 aliphatic carbocycles. The monoisotopic (exact) mass is 282 g/mol. The second kappa shape index (κ2) is 6.36. The van der Waals surface area contributed by atoms with Gasteiger partial charge in [0, 0.05) is 11.1 Å².